The number of hydrogen-bond donors (Lipinski definition) is 3. The molecule has 2 saturated heterocycles. The summed E-state index contributed by atoms with van der Waals surface area (Å²) in [5, 5.41) is 12.7. The van der Waals surface area contributed by atoms with Crippen molar-refractivity contribution in [1.82, 2.24) is 9.71 Å². The largest absolute Gasteiger partial charge is 0.461 e. The van der Waals surface area contributed by atoms with Crippen molar-refractivity contribution in [3.63, 3.8) is 0 Å². The highest BCUT2D eigenvalue weighted by Crippen LogP contribution is 2.54. The molecule has 8 nitrogen and oxygen atoms in total. The number of ether oxygens (including phenoxy) is 1. The number of rotatable bonds is 10. The number of aliphatic hydroxyl groups is 1. The highest BCUT2D eigenvalue weighted by atomic mass is 32.2. The maximum atomic E-state index is 14.5. The number of hydrogen-bond acceptors (Lipinski definition) is 8. The number of nitrogens with zero attached hydrogens (tertiary/aromatic N) is 3. The molecule has 2 aliphatic heterocycles. The van der Waals surface area contributed by atoms with Gasteiger partial charge in [-0.2, -0.15) is 0 Å². The average molecular weight is 548 g/mol. The SMILES string of the molecule is CC1(F)CCN(c2cc(NC(=O)c3cnc(SNCCO)cc3N3CCC4(CC3)CC4)ccc2OCF)C1. The van der Waals surface area contributed by atoms with Crippen LogP contribution in [-0.2, 0) is 0 Å². The van der Waals surface area contributed by atoms with E-state index in [4.69, 9.17) is 9.84 Å². The topological polar surface area (TPSA) is 90.0 Å². The molecule has 206 valence electrons. The molecule has 2 aromatic rings. The summed E-state index contributed by atoms with van der Waals surface area (Å²) < 4.78 is 35.8. The number of halogens is 2. The standard InChI is InChI=1S/C27H35F2N5O3S/c1-26(29)6-10-34(17-26)22-14-19(2-3-23(22)37-18-28)32-25(36)20-16-30-24(38-31-9-13-35)15-21(20)33-11-7-27(4-5-27)8-12-33/h2-3,14-16,31,35H,4-13,17-18H2,1H3,(H,32,36). The molecule has 1 spiro atoms. The second kappa shape index (κ2) is 11.2. The first kappa shape index (κ1) is 27.0. The molecule has 3 N–H and O–H groups in total. The zero-order valence-electron chi connectivity index (χ0n) is 21.6. The van der Waals surface area contributed by atoms with Gasteiger partial charge in [0.25, 0.3) is 5.91 Å². The predicted octanol–water partition coefficient (Wildman–Crippen LogP) is 4.55. The van der Waals surface area contributed by atoms with Gasteiger partial charge in [-0.1, -0.05) is 0 Å². The fourth-order valence-corrected chi connectivity index (χ4v) is 5.96. The van der Waals surface area contributed by atoms with Gasteiger partial charge >= 0.3 is 0 Å². The van der Waals surface area contributed by atoms with Gasteiger partial charge in [-0.15, -0.1) is 0 Å². The van der Waals surface area contributed by atoms with E-state index in [1.165, 1.54) is 24.8 Å². The molecule has 1 unspecified atom stereocenters. The molecule has 1 aromatic carbocycles. The Kier molecular flexibility index (Phi) is 7.97. The molecule has 1 aromatic heterocycles. The van der Waals surface area contributed by atoms with Crippen LogP contribution in [0.2, 0.25) is 0 Å². The molecule has 1 aliphatic carbocycles. The van der Waals surface area contributed by atoms with Crippen LogP contribution in [0.15, 0.2) is 35.5 Å². The minimum atomic E-state index is -1.34. The summed E-state index contributed by atoms with van der Waals surface area (Å²) in [4.78, 5) is 22.1. The maximum absolute atomic E-state index is 14.5. The summed E-state index contributed by atoms with van der Waals surface area (Å²) in [6.45, 7) is 3.41. The number of pyridine rings is 1. The third-order valence-electron chi connectivity index (χ3n) is 7.81. The van der Waals surface area contributed by atoms with Crippen LogP contribution in [-0.4, -0.2) is 67.9 Å². The molecule has 11 heteroatoms. The number of aliphatic hydroxyl groups excluding tert-OH is 1. The molecule has 3 heterocycles. The summed E-state index contributed by atoms with van der Waals surface area (Å²) in [5.41, 5.74) is 1.50. The fourth-order valence-electron chi connectivity index (χ4n) is 5.34. The van der Waals surface area contributed by atoms with Gasteiger partial charge < -0.3 is 25.0 Å². The number of benzene rings is 1. The Morgan fingerprint density at radius 3 is 2.55 bits per heavy atom. The van der Waals surface area contributed by atoms with Crippen molar-refractivity contribution in [2.75, 3.05) is 61.3 Å². The van der Waals surface area contributed by atoms with Crippen molar-refractivity contribution in [2.24, 2.45) is 5.41 Å². The number of nitrogens with one attached hydrogen (secondary N) is 2. The molecular weight excluding hydrogens is 512 g/mol. The molecule has 38 heavy (non-hydrogen) atoms. The smallest absolute Gasteiger partial charge is 0.259 e. The quantitative estimate of drug-likeness (QED) is 0.295. The number of aromatic nitrogens is 1. The van der Waals surface area contributed by atoms with E-state index in [9.17, 15) is 13.6 Å². The first-order valence-corrected chi connectivity index (χ1v) is 14.0. The fraction of sp³-hybridized carbons (Fsp3) is 0.556. The van der Waals surface area contributed by atoms with E-state index in [1.54, 1.807) is 31.3 Å². The Morgan fingerprint density at radius 2 is 1.89 bits per heavy atom. The third-order valence-corrected chi connectivity index (χ3v) is 8.59. The number of carbonyl (C=O) groups is 1. The lowest BCUT2D eigenvalue weighted by Gasteiger charge is -2.35. The Bertz CT molecular complexity index is 1150. The van der Waals surface area contributed by atoms with Crippen LogP contribution in [0.4, 0.5) is 25.8 Å². The van der Waals surface area contributed by atoms with Crippen molar-refractivity contribution in [2.45, 2.75) is 49.7 Å². The van der Waals surface area contributed by atoms with Crippen molar-refractivity contribution in [3.05, 3.63) is 36.0 Å². The van der Waals surface area contributed by atoms with E-state index in [0.29, 0.717) is 47.6 Å². The summed E-state index contributed by atoms with van der Waals surface area (Å²) >= 11 is 1.32. The maximum Gasteiger partial charge on any atom is 0.259 e. The summed E-state index contributed by atoms with van der Waals surface area (Å²) in [7, 11) is 0. The van der Waals surface area contributed by atoms with E-state index in [1.807, 2.05) is 11.0 Å². The van der Waals surface area contributed by atoms with Crippen molar-refractivity contribution >= 4 is 34.9 Å². The molecule has 0 bridgehead atoms. The summed E-state index contributed by atoms with van der Waals surface area (Å²) in [6.07, 6.45) is 6.77. The van der Waals surface area contributed by atoms with Crippen LogP contribution >= 0.6 is 11.9 Å². The second-order valence-electron chi connectivity index (χ2n) is 10.7. The normalized spacial score (nSPS) is 22.1. The Labute approximate surface area is 226 Å². The van der Waals surface area contributed by atoms with Crippen molar-refractivity contribution in [1.29, 1.82) is 0 Å². The molecule has 3 fully saturated rings. The van der Waals surface area contributed by atoms with E-state index in [0.717, 1.165) is 36.6 Å². The number of amides is 1. The summed E-state index contributed by atoms with van der Waals surface area (Å²) in [6, 6.07) is 6.89. The molecule has 3 aliphatic rings. The van der Waals surface area contributed by atoms with Crippen LogP contribution in [0.3, 0.4) is 0 Å². The van der Waals surface area contributed by atoms with Crippen LogP contribution < -0.4 is 24.6 Å². The first-order chi connectivity index (χ1) is 18.3. The number of anilines is 3. The predicted molar refractivity (Wildman–Crippen MR) is 146 cm³/mol. The van der Waals surface area contributed by atoms with Crippen molar-refractivity contribution in [3.8, 4) is 5.75 Å². The van der Waals surface area contributed by atoms with Gasteiger partial charge in [-0.05, 0) is 74.2 Å². The number of carbonyl (C=O) groups excluding carboxylic acids is 1. The molecule has 5 rings (SSSR count). The van der Waals surface area contributed by atoms with Gasteiger partial charge in [0.2, 0.25) is 6.86 Å². The minimum Gasteiger partial charge on any atom is -0.461 e. The first-order valence-electron chi connectivity index (χ1n) is 13.2. The van der Waals surface area contributed by atoms with Crippen molar-refractivity contribution < 1.29 is 23.4 Å². The molecular formula is C27H35F2N5O3S. The number of piperidine rings is 1. The van der Waals surface area contributed by atoms with E-state index < -0.39 is 12.5 Å². The van der Waals surface area contributed by atoms with Gasteiger partial charge in [0.05, 0.1) is 30.1 Å². The monoisotopic (exact) mass is 547 g/mol. The lowest BCUT2D eigenvalue weighted by atomic mass is 9.93. The zero-order valence-corrected chi connectivity index (χ0v) is 22.5. The van der Waals surface area contributed by atoms with Crippen LogP contribution in [0.25, 0.3) is 0 Å². The Hall–Kier alpha value is -2.63. The van der Waals surface area contributed by atoms with Gasteiger partial charge in [0, 0.05) is 44.5 Å². The van der Waals surface area contributed by atoms with Gasteiger partial charge in [0.15, 0.2) is 0 Å². The Balaban J connectivity index is 1.38. The lowest BCUT2D eigenvalue weighted by Crippen LogP contribution is -2.35. The zero-order chi connectivity index (χ0) is 26.8. The van der Waals surface area contributed by atoms with Gasteiger partial charge in [-0.25, -0.2) is 13.8 Å². The molecule has 1 atom stereocenters. The van der Waals surface area contributed by atoms with Crippen LogP contribution in [0.1, 0.15) is 49.4 Å². The molecule has 0 radical (unpaired) electrons. The summed E-state index contributed by atoms with van der Waals surface area (Å²) in [5.74, 6) is 0.00516. The molecule has 1 saturated carbocycles. The third kappa shape index (κ3) is 6.16. The number of alkyl halides is 2. The van der Waals surface area contributed by atoms with Crippen LogP contribution in [0.5, 0.6) is 5.75 Å². The van der Waals surface area contributed by atoms with Gasteiger partial charge in [0.1, 0.15) is 16.4 Å². The second-order valence-corrected chi connectivity index (χ2v) is 11.6. The van der Waals surface area contributed by atoms with E-state index in [-0.39, 0.29) is 19.1 Å². The highest BCUT2D eigenvalue weighted by molar-refractivity contribution is 7.97. The van der Waals surface area contributed by atoms with Crippen LogP contribution in [0, 0.1) is 5.41 Å². The van der Waals surface area contributed by atoms with E-state index in [2.05, 4.69) is 19.9 Å². The average Bonchev–Trinajstić information content (AvgIpc) is 3.56. The van der Waals surface area contributed by atoms with Gasteiger partial charge in [-0.3, -0.25) is 9.52 Å². The molecule has 1 amide bonds. The van der Waals surface area contributed by atoms with E-state index >= 15 is 0 Å². The minimum absolute atomic E-state index is 0.0215. The highest BCUT2D eigenvalue weighted by Gasteiger charge is 2.44. The lowest BCUT2D eigenvalue weighted by molar-refractivity contribution is 0.102. The Morgan fingerprint density at radius 1 is 1.13 bits per heavy atom.